The fraction of sp³-hybridized carbons (Fsp3) is 0.632. The van der Waals surface area contributed by atoms with E-state index >= 15 is 0 Å². The second-order valence-electron chi connectivity index (χ2n) is 7.65. The van der Waals surface area contributed by atoms with E-state index in [9.17, 15) is 0 Å². The van der Waals surface area contributed by atoms with Crippen LogP contribution in [0.2, 0.25) is 0 Å². The maximum atomic E-state index is 6.14. The minimum Gasteiger partial charge on any atom is -0.493 e. The Morgan fingerprint density at radius 3 is 2.91 bits per heavy atom. The largest absolute Gasteiger partial charge is 0.493 e. The third-order valence-corrected chi connectivity index (χ3v) is 5.74. The van der Waals surface area contributed by atoms with Gasteiger partial charge >= 0.3 is 0 Å². The monoisotopic (exact) mass is 315 g/mol. The molecule has 0 radical (unpaired) electrons. The summed E-state index contributed by atoms with van der Waals surface area (Å²) in [5, 5.41) is 0. The summed E-state index contributed by atoms with van der Waals surface area (Å²) in [5.74, 6) is 2.25. The predicted molar refractivity (Wildman–Crippen MR) is 90.1 cm³/mol. The molecular formula is C19H25NO3. The summed E-state index contributed by atoms with van der Waals surface area (Å²) in [7, 11) is 3.43. The van der Waals surface area contributed by atoms with E-state index in [1.165, 1.54) is 29.5 Å². The zero-order valence-electron chi connectivity index (χ0n) is 14.4. The first-order valence-electron chi connectivity index (χ1n) is 8.47. The predicted octanol–water partition coefficient (Wildman–Crippen LogP) is 3.35. The van der Waals surface area contributed by atoms with E-state index in [-0.39, 0.29) is 11.5 Å². The number of benzene rings is 1. The van der Waals surface area contributed by atoms with Crippen molar-refractivity contribution in [1.82, 2.24) is 0 Å². The molecule has 1 aromatic carbocycles. The van der Waals surface area contributed by atoms with Crippen LogP contribution in [0, 0.1) is 5.41 Å². The highest BCUT2D eigenvalue weighted by atomic mass is 16.5. The average Bonchev–Trinajstić information content (AvgIpc) is 3.07. The first kappa shape index (κ1) is 15.0. The lowest BCUT2D eigenvalue weighted by Gasteiger charge is -2.32. The quantitative estimate of drug-likeness (QED) is 0.859. The summed E-state index contributed by atoms with van der Waals surface area (Å²) >= 11 is 0. The zero-order valence-corrected chi connectivity index (χ0v) is 14.4. The molecule has 1 saturated carbocycles. The van der Waals surface area contributed by atoms with Crippen LogP contribution in [0.3, 0.4) is 0 Å². The van der Waals surface area contributed by atoms with E-state index in [0.717, 1.165) is 17.9 Å². The number of nitrogens with zero attached hydrogens (tertiary/aromatic N) is 1. The second kappa shape index (κ2) is 5.23. The van der Waals surface area contributed by atoms with Crippen LogP contribution >= 0.6 is 0 Å². The minimum atomic E-state index is 0.0853. The molecule has 3 aliphatic rings. The van der Waals surface area contributed by atoms with E-state index in [1.54, 1.807) is 14.2 Å². The van der Waals surface area contributed by atoms with E-state index < -0.39 is 0 Å². The molecule has 0 aromatic heterocycles. The van der Waals surface area contributed by atoms with Crippen LogP contribution in [-0.2, 0) is 11.2 Å². The van der Waals surface area contributed by atoms with Crippen molar-refractivity contribution in [2.24, 2.45) is 10.4 Å². The topological polar surface area (TPSA) is 40.0 Å². The standard InChI is InChI=1S/C19H25NO3/c1-19(2)6-5-13-16-11(9-20-18(13)19)7-15(22-4)17-14(16)8-12(23-17)10-21-3/h7,9,12-13,18H,5-6,8,10H2,1-4H3. The lowest BCUT2D eigenvalue weighted by atomic mass is 9.78. The van der Waals surface area contributed by atoms with Gasteiger partial charge in [0.2, 0.25) is 0 Å². The summed E-state index contributed by atoms with van der Waals surface area (Å²) in [5.41, 5.74) is 4.25. The molecule has 124 valence electrons. The van der Waals surface area contributed by atoms with Crippen molar-refractivity contribution in [3.05, 3.63) is 22.8 Å². The van der Waals surface area contributed by atoms with Crippen molar-refractivity contribution < 1.29 is 14.2 Å². The van der Waals surface area contributed by atoms with E-state index in [4.69, 9.17) is 19.2 Å². The molecule has 2 heterocycles. The van der Waals surface area contributed by atoms with Crippen LogP contribution in [-0.4, -0.2) is 39.2 Å². The van der Waals surface area contributed by atoms with Crippen molar-refractivity contribution in [3.63, 3.8) is 0 Å². The van der Waals surface area contributed by atoms with Crippen molar-refractivity contribution in [2.75, 3.05) is 20.8 Å². The van der Waals surface area contributed by atoms with Crippen molar-refractivity contribution in [3.8, 4) is 11.5 Å². The van der Waals surface area contributed by atoms with Gasteiger partial charge in [-0.2, -0.15) is 0 Å². The SMILES string of the molecule is COCC1Cc2c(c(OC)cc3c2C2CCC(C)(C)C2N=C3)O1. The van der Waals surface area contributed by atoms with Crippen molar-refractivity contribution in [1.29, 1.82) is 0 Å². The van der Waals surface area contributed by atoms with Crippen LogP contribution in [0.4, 0.5) is 0 Å². The molecule has 23 heavy (non-hydrogen) atoms. The number of aliphatic imine (C=N–C) groups is 1. The van der Waals surface area contributed by atoms with Gasteiger partial charge in [0.25, 0.3) is 0 Å². The van der Waals surface area contributed by atoms with Gasteiger partial charge in [0.1, 0.15) is 6.10 Å². The number of fused-ring (bicyclic) bond motifs is 5. The molecule has 3 unspecified atom stereocenters. The van der Waals surface area contributed by atoms with Gasteiger partial charge in [0, 0.05) is 36.8 Å². The molecule has 3 atom stereocenters. The first-order chi connectivity index (χ1) is 11.0. The van der Waals surface area contributed by atoms with E-state index in [1.807, 2.05) is 0 Å². The average molecular weight is 315 g/mol. The molecule has 0 spiro atoms. The Morgan fingerprint density at radius 2 is 2.17 bits per heavy atom. The highest BCUT2D eigenvalue weighted by Gasteiger charge is 2.46. The Hall–Kier alpha value is -1.55. The van der Waals surface area contributed by atoms with Crippen LogP contribution in [0.1, 0.15) is 49.3 Å². The van der Waals surface area contributed by atoms with E-state index in [0.29, 0.717) is 18.6 Å². The molecule has 4 nitrogen and oxygen atoms in total. The molecule has 0 amide bonds. The lowest BCUT2D eigenvalue weighted by Crippen LogP contribution is -2.29. The molecule has 0 bridgehead atoms. The van der Waals surface area contributed by atoms with Gasteiger partial charge in [-0.1, -0.05) is 13.8 Å². The number of methoxy groups -OCH3 is 2. The van der Waals surface area contributed by atoms with Crippen molar-refractivity contribution in [2.45, 2.75) is 51.2 Å². The van der Waals surface area contributed by atoms with Gasteiger partial charge in [0.05, 0.1) is 19.8 Å². The van der Waals surface area contributed by atoms with Crippen LogP contribution in [0.25, 0.3) is 0 Å². The number of hydrogen-bond donors (Lipinski definition) is 0. The normalized spacial score (nSPS) is 29.7. The molecule has 2 aliphatic heterocycles. The van der Waals surface area contributed by atoms with Gasteiger partial charge in [-0.3, -0.25) is 4.99 Å². The van der Waals surface area contributed by atoms with Gasteiger partial charge in [-0.25, -0.2) is 0 Å². The maximum absolute atomic E-state index is 6.14. The number of ether oxygens (including phenoxy) is 3. The second-order valence-corrected chi connectivity index (χ2v) is 7.65. The fourth-order valence-corrected chi connectivity index (χ4v) is 4.62. The Kier molecular flexibility index (Phi) is 3.41. The third kappa shape index (κ3) is 2.18. The minimum absolute atomic E-state index is 0.0853. The molecule has 0 saturated heterocycles. The first-order valence-corrected chi connectivity index (χ1v) is 8.47. The highest BCUT2D eigenvalue weighted by Crippen LogP contribution is 2.54. The number of rotatable bonds is 3. The highest BCUT2D eigenvalue weighted by molar-refractivity contribution is 5.87. The molecular weight excluding hydrogens is 290 g/mol. The maximum Gasteiger partial charge on any atom is 0.165 e. The molecule has 1 fully saturated rings. The molecule has 4 heteroatoms. The summed E-state index contributed by atoms with van der Waals surface area (Å²) in [6.45, 7) is 5.29. The summed E-state index contributed by atoms with van der Waals surface area (Å²) in [6, 6.07) is 2.47. The Bertz CT molecular complexity index is 665. The Labute approximate surface area is 137 Å². The van der Waals surface area contributed by atoms with Gasteiger partial charge < -0.3 is 14.2 Å². The fourth-order valence-electron chi connectivity index (χ4n) is 4.62. The lowest BCUT2D eigenvalue weighted by molar-refractivity contribution is 0.0935. The van der Waals surface area contributed by atoms with Crippen molar-refractivity contribution >= 4 is 6.21 Å². The van der Waals surface area contributed by atoms with Crippen LogP contribution < -0.4 is 9.47 Å². The zero-order chi connectivity index (χ0) is 16.2. The number of hydrogen-bond acceptors (Lipinski definition) is 4. The van der Waals surface area contributed by atoms with Gasteiger partial charge in [0.15, 0.2) is 11.5 Å². The Morgan fingerprint density at radius 1 is 1.35 bits per heavy atom. The van der Waals surface area contributed by atoms with Crippen LogP contribution in [0.5, 0.6) is 11.5 Å². The summed E-state index contributed by atoms with van der Waals surface area (Å²) in [6.07, 6.45) is 5.47. The molecule has 0 N–H and O–H groups in total. The smallest absolute Gasteiger partial charge is 0.165 e. The molecule has 4 rings (SSSR count). The molecule has 1 aromatic rings. The summed E-state index contributed by atoms with van der Waals surface area (Å²) in [4.78, 5) is 4.90. The summed E-state index contributed by atoms with van der Waals surface area (Å²) < 4.78 is 17.0. The van der Waals surface area contributed by atoms with Crippen LogP contribution in [0.15, 0.2) is 11.1 Å². The third-order valence-electron chi connectivity index (χ3n) is 5.74. The Balaban J connectivity index is 1.82. The van der Waals surface area contributed by atoms with Gasteiger partial charge in [-0.05, 0) is 29.9 Å². The van der Waals surface area contributed by atoms with Gasteiger partial charge in [-0.15, -0.1) is 0 Å². The molecule has 1 aliphatic carbocycles. The van der Waals surface area contributed by atoms with E-state index in [2.05, 4.69) is 26.1 Å².